The van der Waals surface area contributed by atoms with Crippen molar-refractivity contribution in [1.82, 2.24) is 9.38 Å². The smallest absolute Gasteiger partial charge is 0.306 e. The van der Waals surface area contributed by atoms with Gasteiger partial charge in [-0.3, -0.25) is 14.0 Å². The van der Waals surface area contributed by atoms with Crippen molar-refractivity contribution in [2.75, 3.05) is 0 Å². The highest BCUT2D eigenvalue weighted by Gasteiger charge is 2.08. The summed E-state index contributed by atoms with van der Waals surface area (Å²) in [6.45, 7) is 1.86. The number of hydrogen-bond donors (Lipinski definition) is 0. The van der Waals surface area contributed by atoms with Gasteiger partial charge in [0.15, 0.2) is 0 Å². The Bertz CT molecular complexity index is 884. The maximum Gasteiger partial charge on any atom is 0.306 e. The van der Waals surface area contributed by atoms with E-state index in [1.807, 2.05) is 35.9 Å². The lowest BCUT2D eigenvalue weighted by atomic mass is 10.2. The summed E-state index contributed by atoms with van der Waals surface area (Å²) in [6.07, 6.45) is 0.984. The first-order chi connectivity index (χ1) is 11.1. The zero-order chi connectivity index (χ0) is 16.2. The summed E-state index contributed by atoms with van der Waals surface area (Å²) in [5.41, 5.74) is 2.80. The number of ether oxygens (including phenoxy) is 1. The number of nitrogens with zero attached hydrogens (tertiary/aromatic N) is 2. The molecule has 0 saturated carbocycles. The molecule has 5 nitrogen and oxygen atoms in total. The summed E-state index contributed by atoms with van der Waals surface area (Å²) in [6, 6.07) is 8.85. The maximum absolute atomic E-state index is 12.1. The number of rotatable bonds is 5. The SMILES string of the molecule is Cc1cccc2nc(COC(=O)CCc3ccsc3)cc(=O)n12. The van der Waals surface area contributed by atoms with Crippen molar-refractivity contribution in [2.45, 2.75) is 26.4 Å². The molecule has 3 aromatic heterocycles. The maximum atomic E-state index is 12.1. The fourth-order valence-corrected chi connectivity index (χ4v) is 3.05. The van der Waals surface area contributed by atoms with Crippen molar-refractivity contribution >= 4 is 23.0 Å². The van der Waals surface area contributed by atoms with Crippen LogP contribution in [0.1, 0.15) is 23.4 Å². The van der Waals surface area contributed by atoms with Crippen molar-refractivity contribution in [3.05, 3.63) is 68.4 Å². The van der Waals surface area contributed by atoms with Crippen LogP contribution in [0, 0.1) is 6.92 Å². The second-order valence-electron chi connectivity index (χ2n) is 5.24. The van der Waals surface area contributed by atoms with Gasteiger partial charge in [-0.15, -0.1) is 0 Å². The summed E-state index contributed by atoms with van der Waals surface area (Å²) < 4.78 is 6.74. The second-order valence-corrected chi connectivity index (χ2v) is 6.02. The van der Waals surface area contributed by atoms with Gasteiger partial charge in [-0.2, -0.15) is 11.3 Å². The Morgan fingerprint density at radius 3 is 3.00 bits per heavy atom. The summed E-state index contributed by atoms with van der Waals surface area (Å²) in [7, 11) is 0. The first kappa shape index (κ1) is 15.4. The molecule has 0 bridgehead atoms. The molecule has 0 N–H and O–H groups in total. The van der Waals surface area contributed by atoms with Crippen LogP contribution >= 0.6 is 11.3 Å². The largest absolute Gasteiger partial charge is 0.459 e. The van der Waals surface area contributed by atoms with Crippen LogP contribution < -0.4 is 5.56 Å². The highest BCUT2D eigenvalue weighted by atomic mass is 32.1. The summed E-state index contributed by atoms with van der Waals surface area (Å²) in [4.78, 5) is 28.3. The molecule has 0 aliphatic rings. The van der Waals surface area contributed by atoms with E-state index >= 15 is 0 Å². The molecule has 0 aliphatic heterocycles. The van der Waals surface area contributed by atoms with Gasteiger partial charge < -0.3 is 4.74 Å². The Hall–Kier alpha value is -2.47. The van der Waals surface area contributed by atoms with Gasteiger partial charge in [0.25, 0.3) is 5.56 Å². The van der Waals surface area contributed by atoms with Gasteiger partial charge in [0, 0.05) is 18.2 Å². The van der Waals surface area contributed by atoms with Crippen LogP contribution in [0.5, 0.6) is 0 Å². The van der Waals surface area contributed by atoms with Crippen molar-refractivity contribution in [3.8, 4) is 0 Å². The lowest BCUT2D eigenvalue weighted by Gasteiger charge is -2.07. The van der Waals surface area contributed by atoms with E-state index in [0.717, 1.165) is 11.3 Å². The van der Waals surface area contributed by atoms with Crippen LogP contribution in [0.15, 0.2) is 45.9 Å². The number of carbonyl (C=O) groups excluding carboxylic acids is 1. The van der Waals surface area contributed by atoms with E-state index in [9.17, 15) is 9.59 Å². The highest BCUT2D eigenvalue weighted by Crippen LogP contribution is 2.09. The average Bonchev–Trinajstić information content (AvgIpc) is 3.04. The Kier molecular flexibility index (Phi) is 4.52. The molecular weight excluding hydrogens is 312 g/mol. The predicted octanol–water partition coefficient (Wildman–Crippen LogP) is 2.74. The van der Waals surface area contributed by atoms with E-state index in [0.29, 0.717) is 24.2 Å². The van der Waals surface area contributed by atoms with Crippen molar-refractivity contribution in [2.24, 2.45) is 0 Å². The minimum Gasteiger partial charge on any atom is -0.459 e. The first-order valence-electron chi connectivity index (χ1n) is 7.28. The van der Waals surface area contributed by atoms with Crippen molar-refractivity contribution in [3.63, 3.8) is 0 Å². The standard InChI is InChI=1S/C17H16N2O3S/c1-12-3-2-4-15-18-14(9-16(20)19(12)15)10-22-17(21)6-5-13-7-8-23-11-13/h2-4,7-9,11H,5-6,10H2,1H3. The minimum absolute atomic E-state index is 0.0160. The van der Waals surface area contributed by atoms with E-state index in [-0.39, 0.29) is 18.1 Å². The summed E-state index contributed by atoms with van der Waals surface area (Å²) in [5.74, 6) is -0.289. The van der Waals surface area contributed by atoms with Crippen LogP contribution in [0.2, 0.25) is 0 Å². The molecule has 0 atom stereocenters. The lowest BCUT2D eigenvalue weighted by molar-refractivity contribution is -0.145. The molecule has 3 aromatic rings. The fourth-order valence-electron chi connectivity index (χ4n) is 2.35. The van der Waals surface area contributed by atoms with E-state index in [4.69, 9.17) is 4.74 Å². The third-order valence-electron chi connectivity index (χ3n) is 3.51. The zero-order valence-corrected chi connectivity index (χ0v) is 13.5. The van der Waals surface area contributed by atoms with Crippen LogP contribution in [-0.2, 0) is 22.6 Å². The van der Waals surface area contributed by atoms with Crippen molar-refractivity contribution < 1.29 is 9.53 Å². The molecular formula is C17H16N2O3S. The number of esters is 1. The second kappa shape index (κ2) is 6.75. The Labute approximate surface area is 137 Å². The van der Waals surface area contributed by atoms with Crippen LogP contribution in [-0.4, -0.2) is 15.4 Å². The zero-order valence-electron chi connectivity index (χ0n) is 12.7. The third-order valence-corrected chi connectivity index (χ3v) is 4.24. The quantitative estimate of drug-likeness (QED) is 0.676. The Morgan fingerprint density at radius 1 is 1.35 bits per heavy atom. The predicted molar refractivity (Wildman–Crippen MR) is 88.6 cm³/mol. The van der Waals surface area contributed by atoms with Gasteiger partial charge in [-0.1, -0.05) is 6.07 Å². The molecule has 0 aliphatic carbocycles. The van der Waals surface area contributed by atoms with Gasteiger partial charge in [0.1, 0.15) is 12.3 Å². The first-order valence-corrected chi connectivity index (χ1v) is 8.23. The van der Waals surface area contributed by atoms with Gasteiger partial charge in [-0.05, 0) is 47.9 Å². The fraction of sp³-hybridized carbons (Fsp3) is 0.235. The molecule has 3 heterocycles. The van der Waals surface area contributed by atoms with E-state index < -0.39 is 0 Å². The molecule has 0 amide bonds. The topological polar surface area (TPSA) is 60.7 Å². The summed E-state index contributed by atoms with van der Waals surface area (Å²) in [5, 5.41) is 4.00. The van der Waals surface area contributed by atoms with Crippen LogP contribution in [0.4, 0.5) is 0 Å². The van der Waals surface area contributed by atoms with Crippen molar-refractivity contribution in [1.29, 1.82) is 0 Å². The number of aromatic nitrogens is 2. The van der Waals surface area contributed by atoms with Crippen LogP contribution in [0.3, 0.4) is 0 Å². The van der Waals surface area contributed by atoms with Gasteiger partial charge in [0.2, 0.25) is 0 Å². The van der Waals surface area contributed by atoms with Gasteiger partial charge in [0.05, 0.1) is 5.69 Å². The molecule has 23 heavy (non-hydrogen) atoms. The molecule has 0 fully saturated rings. The molecule has 3 rings (SSSR count). The van der Waals surface area contributed by atoms with E-state index in [2.05, 4.69) is 4.98 Å². The van der Waals surface area contributed by atoms with Gasteiger partial charge in [-0.25, -0.2) is 4.98 Å². The third kappa shape index (κ3) is 3.65. The number of hydrogen-bond acceptors (Lipinski definition) is 5. The molecule has 0 unspecified atom stereocenters. The summed E-state index contributed by atoms with van der Waals surface area (Å²) >= 11 is 1.61. The highest BCUT2D eigenvalue weighted by molar-refractivity contribution is 7.07. The number of aryl methyl sites for hydroxylation is 2. The Morgan fingerprint density at radius 2 is 2.22 bits per heavy atom. The number of fused-ring (bicyclic) bond motifs is 1. The van der Waals surface area contributed by atoms with E-state index in [1.54, 1.807) is 17.4 Å². The lowest BCUT2D eigenvalue weighted by Crippen LogP contribution is -2.18. The molecule has 0 saturated heterocycles. The monoisotopic (exact) mass is 328 g/mol. The number of carbonyl (C=O) groups is 1. The molecule has 0 aromatic carbocycles. The van der Waals surface area contributed by atoms with E-state index in [1.165, 1.54) is 10.5 Å². The molecule has 0 spiro atoms. The number of pyridine rings is 1. The Balaban J connectivity index is 1.65. The average molecular weight is 328 g/mol. The molecule has 6 heteroatoms. The van der Waals surface area contributed by atoms with Gasteiger partial charge >= 0.3 is 5.97 Å². The molecule has 0 radical (unpaired) electrons. The van der Waals surface area contributed by atoms with Crippen LogP contribution in [0.25, 0.3) is 5.65 Å². The number of thiophene rings is 1. The normalized spacial score (nSPS) is 10.8. The minimum atomic E-state index is -0.289. The molecule has 118 valence electrons.